The zero-order valence-corrected chi connectivity index (χ0v) is 22.7. The predicted octanol–water partition coefficient (Wildman–Crippen LogP) is 1.98. The number of nitrogens with two attached hydrogens (primary N) is 1. The van der Waals surface area contributed by atoms with Crippen molar-refractivity contribution in [1.29, 1.82) is 0 Å². The highest BCUT2D eigenvalue weighted by Crippen LogP contribution is 2.37. The number of benzene rings is 2. The molecule has 6 N–H and O–H groups in total. The SMILES string of the molecule is Nc1nc(Cl)nc2c1ncn2[C@@]1(F)CO[C@H](COC(Cc2ccc(-c3ccccc3C(=O)O)cc2)(C(=O)O)C(=O)O)[C@H]1O. The van der Waals surface area contributed by atoms with Crippen LogP contribution < -0.4 is 5.73 Å². The second kappa shape index (κ2) is 11.2. The van der Waals surface area contributed by atoms with Crippen LogP contribution in [0.4, 0.5) is 10.2 Å². The van der Waals surface area contributed by atoms with Crippen LogP contribution in [0.5, 0.6) is 0 Å². The molecule has 0 radical (unpaired) electrons. The van der Waals surface area contributed by atoms with E-state index in [0.717, 1.165) is 10.9 Å². The van der Waals surface area contributed by atoms with Gasteiger partial charge in [0.1, 0.15) is 24.3 Å². The lowest BCUT2D eigenvalue weighted by Crippen LogP contribution is -2.53. The number of rotatable bonds is 10. The average molecular weight is 616 g/mol. The maximum absolute atomic E-state index is 16.1. The predicted molar refractivity (Wildman–Crippen MR) is 146 cm³/mol. The van der Waals surface area contributed by atoms with Gasteiger partial charge in [0.25, 0.3) is 5.60 Å². The van der Waals surface area contributed by atoms with E-state index in [0.29, 0.717) is 11.1 Å². The summed E-state index contributed by atoms with van der Waals surface area (Å²) < 4.78 is 27.8. The number of halogens is 2. The molecule has 43 heavy (non-hydrogen) atoms. The van der Waals surface area contributed by atoms with Crippen LogP contribution in [0.15, 0.2) is 54.9 Å². The Kier molecular flexibility index (Phi) is 7.74. The molecule has 2 aromatic carbocycles. The Hall–Kier alpha value is -4.70. The number of aromatic carboxylic acids is 1. The van der Waals surface area contributed by atoms with E-state index >= 15 is 4.39 Å². The van der Waals surface area contributed by atoms with Crippen LogP contribution in [0.3, 0.4) is 0 Å². The first-order valence-corrected chi connectivity index (χ1v) is 12.9. The summed E-state index contributed by atoms with van der Waals surface area (Å²) in [4.78, 5) is 47.8. The Bertz CT molecular complexity index is 1720. The number of aliphatic carboxylic acids is 2. The number of nitrogen functional groups attached to an aromatic ring is 1. The summed E-state index contributed by atoms with van der Waals surface area (Å²) in [5.41, 5.74) is 3.98. The maximum Gasteiger partial charge on any atom is 0.348 e. The number of hydrogen-bond acceptors (Lipinski definition) is 10. The van der Waals surface area contributed by atoms with E-state index < -0.39 is 61.1 Å². The summed E-state index contributed by atoms with van der Waals surface area (Å²) in [7, 11) is 0. The van der Waals surface area contributed by atoms with E-state index in [1.54, 1.807) is 18.2 Å². The number of nitrogens with zero attached hydrogens (tertiary/aromatic N) is 4. The van der Waals surface area contributed by atoms with Gasteiger partial charge in [-0.2, -0.15) is 9.97 Å². The van der Waals surface area contributed by atoms with E-state index in [-0.39, 0.29) is 33.4 Å². The Morgan fingerprint density at radius 1 is 1.12 bits per heavy atom. The molecule has 16 heteroatoms. The number of ether oxygens (including phenoxy) is 2. The number of fused-ring (bicyclic) bond motifs is 1. The van der Waals surface area contributed by atoms with Crippen molar-refractivity contribution in [3.63, 3.8) is 0 Å². The van der Waals surface area contributed by atoms with Crippen LogP contribution in [0.1, 0.15) is 15.9 Å². The molecule has 5 rings (SSSR count). The van der Waals surface area contributed by atoms with Crippen LogP contribution in [-0.4, -0.2) is 88.9 Å². The highest BCUT2D eigenvalue weighted by atomic mass is 35.5. The molecule has 3 atom stereocenters. The van der Waals surface area contributed by atoms with Gasteiger partial charge < -0.3 is 35.6 Å². The second-order valence-corrected chi connectivity index (χ2v) is 10.1. The number of imidazole rings is 1. The maximum atomic E-state index is 16.1. The fourth-order valence-corrected chi connectivity index (χ4v) is 5.03. The monoisotopic (exact) mass is 615 g/mol. The first-order chi connectivity index (χ1) is 20.4. The van der Waals surface area contributed by atoms with Gasteiger partial charge >= 0.3 is 17.9 Å². The van der Waals surface area contributed by atoms with Crippen LogP contribution in [0.2, 0.25) is 5.28 Å². The lowest BCUT2D eigenvalue weighted by molar-refractivity contribution is -0.188. The number of carbonyl (C=O) groups is 3. The molecule has 4 aromatic rings. The zero-order valence-electron chi connectivity index (χ0n) is 21.9. The summed E-state index contributed by atoms with van der Waals surface area (Å²) in [5, 5.41) is 39.9. The third-order valence-electron chi connectivity index (χ3n) is 7.16. The standard InChI is InChI=1S/C27H23ClFN5O9/c28-25-32-20(30)18-21(33-25)34(12-31-18)27(29)11-42-17(19(27)35)10-43-26(23(38)39,24(40)41)9-13-5-7-14(8-6-13)15-3-1-2-4-16(15)22(36)37/h1-8,12,17,19,35H,9-11H2,(H,36,37)(H,38,39)(H,40,41)(H2,30,32,33)/t17-,19-,27+/m1/s1. The number of alkyl halides is 1. The Morgan fingerprint density at radius 3 is 2.44 bits per heavy atom. The molecular formula is C27H23ClFN5O9. The van der Waals surface area contributed by atoms with Crippen LogP contribution >= 0.6 is 11.6 Å². The van der Waals surface area contributed by atoms with Crippen molar-refractivity contribution >= 4 is 46.5 Å². The quantitative estimate of drug-likeness (QED) is 0.127. The highest BCUT2D eigenvalue weighted by Gasteiger charge is 2.55. The van der Waals surface area contributed by atoms with Gasteiger partial charge in [-0.05, 0) is 34.4 Å². The largest absolute Gasteiger partial charge is 0.479 e. The molecular weight excluding hydrogens is 593 g/mol. The summed E-state index contributed by atoms with van der Waals surface area (Å²) in [6.07, 6.45) is -3.12. The number of aromatic nitrogens is 4. The van der Waals surface area contributed by atoms with E-state index in [1.807, 2.05) is 0 Å². The fraction of sp³-hybridized carbons (Fsp3) is 0.259. The first kappa shape index (κ1) is 29.8. The number of aliphatic hydroxyl groups is 1. The molecule has 0 spiro atoms. The number of carboxylic acid groups (broad SMARTS) is 3. The molecule has 1 fully saturated rings. The normalized spacial score (nSPS) is 20.3. The third-order valence-corrected chi connectivity index (χ3v) is 7.33. The van der Waals surface area contributed by atoms with E-state index in [1.165, 1.54) is 30.3 Å². The lowest BCUT2D eigenvalue weighted by atomic mass is 9.92. The first-order valence-electron chi connectivity index (χ1n) is 12.5. The number of carboxylic acids is 3. The Balaban J connectivity index is 1.36. The molecule has 14 nitrogen and oxygen atoms in total. The van der Waals surface area contributed by atoms with Gasteiger partial charge in [0, 0.05) is 6.42 Å². The van der Waals surface area contributed by atoms with Crippen molar-refractivity contribution in [3.05, 3.63) is 71.3 Å². The van der Waals surface area contributed by atoms with Crippen LogP contribution in [0.25, 0.3) is 22.3 Å². The minimum atomic E-state index is -2.85. The summed E-state index contributed by atoms with van der Waals surface area (Å²) in [6, 6.07) is 12.2. The van der Waals surface area contributed by atoms with Crippen molar-refractivity contribution in [2.75, 3.05) is 18.9 Å². The van der Waals surface area contributed by atoms with Gasteiger partial charge in [-0.15, -0.1) is 0 Å². The lowest BCUT2D eigenvalue weighted by Gasteiger charge is -2.29. The van der Waals surface area contributed by atoms with Crippen molar-refractivity contribution in [3.8, 4) is 11.1 Å². The number of aliphatic hydroxyl groups excluding tert-OH is 1. The molecule has 2 aromatic heterocycles. The molecule has 224 valence electrons. The smallest absolute Gasteiger partial charge is 0.348 e. The minimum Gasteiger partial charge on any atom is -0.479 e. The van der Waals surface area contributed by atoms with Crippen molar-refractivity contribution < 1.29 is 48.7 Å². The van der Waals surface area contributed by atoms with Gasteiger partial charge in [0.15, 0.2) is 11.5 Å². The molecule has 0 amide bonds. The molecule has 0 unspecified atom stereocenters. The van der Waals surface area contributed by atoms with Crippen LogP contribution in [0, 0.1) is 0 Å². The fourth-order valence-electron chi connectivity index (χ4n) is 4.86. The van der Waals surface area contributed by atoms with Gasteiger partial charge in [-0.25, -0.2) is 23.8 Å². The Labute approximate surface area is 246 Å². The van der Waals surface area contributed by atoms with Gasteiger partial charge in [-0.1, -0.05) is 42.5 Å². The van der Waals surface area contributed by atoms with Crippen molar-refractivity contribution in [2.45, 2.75) is 30.0 Å². The molecule has 1 aliphatic rings. The minimum absolute atomic E-state index is 0.0153. The van der Waals surface area contributed by atoms with Crippen molar-refractivity contribution in [1.82, 2.24) is 19.5 Å². The van der Waals surface area contributed by atoms with E-state index in [4.69, 9.17) is 26.8 Å². The topological polar surface area (TPSA) is 220 Å². The molecule has 0 saturated carbocycles. The zero-order chi connectivity index (χ0) is 31.1. The Morgan fingerprint density at radius 2 is 1.79 bits per heavy atom. The van der Waals surface area contributed by atoms with E-state index in [2.05, 4.69) is 15.0 Å². The molecule has 0 aliphatic carbocycles. The number of anilines is 1. The van der Waals surface area contributed by atoms with Gasteiger partial charge in [-0.3, -0.25) is 4.57 Å². The molecule has 1 aliphatic heterocycles. The summed E-state index contributed by atoms with van der Waals surface area (Å²) in [5.74, 6) is -7.63. The van der Waals surface area contributed by atoms with Gasteiger partial charge in [0.2, 0.25) is 11.1 Å². The highest BCUT2D eigenvalue weighted by molar-refractivity contribution is 6.28. The van der Waals surface area contributed by atoms with Crippen molar-refractivity contribution in [2.24, 2.45) is 0 Å². The summed E-state index contributed by atoms with van der Waals surface area (Å²) >= 11 is 5.84. The average Bonchev–Trinajstić information content (AvgIpc) is 3.52. The van der Waals surface area contributed by atoms with Crippen LogP contribution in [-0.2, 0) is 31.3 Å². The van der Waals surface area contributed by atoms with E-state index in [9.17, 15) is 34.8 Å². The molecule has 3 heterocycles. The number of hydrogen-bond donors (Lipinski definition) is 5. The van der Waals surface area contributed by atoms with Gasteiger partial charge in [0.05, 0.1) is 18.5 Å². The second-order valence-electron chi connectivity index (χ2n) is 9.75. The third kappa shape index (κ3) is 5.23. The summed E-state index contributed by atoms with van der Waals surface area (Å²) in [6.45, 7) is -1.57. The molecule has 1 saturated heterocycles. The molecule has 0 bridgehead atoms.